The molecule has 3 rings (SSSR count). The molecule has 0 saturated carbocycles. The number of alkyl halides is 6. The molecule has 1 aliphatic rings. The van der Waals surface area contributed by atoms with Gasteiger partial charge in [0, 0.05) is 5.56 Å². The summed E-state index contributed by atoms with van der Waals surface area (Å²) in [6, 6.07) is 3.94. The normalized spacial score (nSPS) is 16.8. The van der Waals surface area contributed by atoms with Crippen LogP contribution >= 0.6 is 0 Å². The van der Waals surface area contributed by atoms with Gasteiger partial charge in [0.25, 0.3) is 0 Å². The maximum absolute atomic E-state index is 12.9. The van der Waals surface area contributed by atoms with Crippen molar-refractivity contribution in [3.05, 3.63) is 47.2 Å². The van der Waals surface area contributed by atoms with Gasteiger partial charge in [0.05, 0.1) is 24.3 Å². The van der Waals surface area contributed by atoms with Crippen LogP contribution in [0.25, 0.3) is 11.3 Å². The molecule has 2 heterocycles. The van der Waals surface area contributed by atoms with Gasteiger partial charge in [-0.15, -0.1) is 0 Å². The van der Waals surface area contributed by atoms with Crippen LogP contribution < -0.4 is 0 Å². The van der Waals surface area contributed by atoms with Crippen LogP contribution in [0.2, 0.25) is 0 Å². The summed E-state index contributed by atoms with van der Waals surface area (Å²) in [5.41, 5.74) is -3.14. The summed E-state index contributed by atoms with van der Waals surface area (Å²) in [5.74, 6) is 0.0363. The van der Waals surface area contributed by atoms with Gasteiger partial charge in [0.2, 0.25) is 6.29 Å². The molecule has 24 heavy (non-hydrogen) atoms. The smallest absolute Gasteiger partial charge is 0.416 e. The lowest BCUT2D eigenvalue weighted by molar-refractivity contribution is -0.143. The van der Waals surface area contributed by atoms with Crippen LogP contribution in [0.5, 0.6) is 0 Å². The van der Waals surface area contributed by atoms with E-state index in [0.29, 0.717) is 25.3 Å². The largest absolute Gasteiger partial charge is 0.456 e. The molecular weight excluding hydrogens is 342 g/mol. The number of hydrogen-bond donors (Lipinski definition) is 0. The second-order valence-electron chi connectivity index (χ2n) is 5.07. The first-order valence-corrected chi connectivity index (χ1v) is 6.77. The number of halogens is 6. The number of benzene rings is 1. The molecule has 0 unspecified atom stereocenters. The van der Waals surface area contributed by atoms with Crippen LogP contribution in [0.3, 0.4) is 0 Å². The molecule has 130 valence electrons. The van der Waals surface area contributed by atoms with Crippen LogP contribution in [0.15, 0.2) is 34.7 Å². The number of ether oxygens (including phenoxy) is 2. The zero-order chi connectivity index (χ0) is 17.5. The molecule has 3 nitrogen and oxygen atoms in total. The summed E-state index contributed by atoms with van der Waals surface area (Å²) in [7, 11) is 0. The maximum atomic E-state index is 12.9. The summed E-state index contributed by atoms with van der Waals surface area (Å²) in [6.07, 6.45) is -10.6. The SMILES string of the molecule is FC(F)(F)c1cc(-c2ccc(C3OCCO3)o2)cc(C(F)(F)F)c1. The second kappa shape index (κ2) is 5.82. The van der Waals surface area contributed by atoms with Crippen molar-refractivity contribution in [3.8, 4) is 11.3 Å². The lowest BCUT2D eigenvalue weighted by Gasteiger charge is -2.13. The van der Waals surface area contributed by atoms with Crippen molar-refractivity contribution in [2.75, 3.05) is 13.2 Å². The lowest BCUT2D eigenvalue weighted by atomic mass is 10.0. The molecule has 0 aliphatic carbocycles. The lowest BCUT2D eigenvalue weighted by Crippen LogP contribution is -2.11. The number of rotatable bonds is 2. The Morgan fingerprint density at radius 1 is 0.792 bits per heavy atom. The summed E-state index contributed by atoms with van der Waals surface area (Å²) in [4.78, 5) is 0. The van der Waals surface area contributed by atoms with E-state index in [9.17, 15) is 26.3 Å². The summed E-state index contributed by atoms with van der Waals surface area (Å²) in [6.45, 7) is 0.644. The minimum atomic E-state index is -4.91. The highest BCUT2D eigenvalue weighted by Gasteiger charge is 2.37. The predicted octanol–water partition coefficient (Wildman–Crippen LogP) is 5.03. The molecule has 9 heteroatoms. The van der Waals surface area contributed by atoms with Gasteiger partial charge in [-0.2, -0.15) is 26.3 Å². The molecule has 0 bridgehead atoms. The Morgan fingerprint density at radius 2 is 1.33 bits per heavy atom. The monoisotopic (exact) mass is 352 g/mol. The van der Waals surface area contributed by atoms with Crippen molar-refractivity contribution in [2.45, 2.75) is 18.6 Å². The molecule has 0 atom stereocenters. The van der Waals surface area contributed by atoms with Crippen molar-refractivity contribution in [3.63, 3.8) is 0 Å². The summed E-state index contributed by atoms with van der Waals surface area (Å²) in [5, 5.41) is 0. The maximum Gasteiger partial charge on any atom is 0.416 e. The van der Waals surface area contributed by atoms with Gasteiger partial charge in [-0.05, 0) is 30.3 Å². The van der Waals surface area contributed by atoms with Crippen molar-refractivity contribution in [2.24, 2.45) is 0 Å². The standard InChI is InChI=1S/C15H10F6O3/c16-14(17,18)9-5-8(6-10(7-9)15(19,20)21)11-1-2-12(24-11)13-22-3-4-23-13/h1-2,5-7,13H,3-4H2. The third-order valence-corrected chi connectivity index (χ3v) is 3.35. The van der Waals surface area contributed by atoms with Gasteiger partial charge in [-0.3, -0.25) is 0 Å². The van der Waals surface area contributed by atoms with Gasteiger partial charge in [0.15, 0.2) is 5.76 Å². The van der Waals surface area contributed by atoms with E-state index in [2.05, 4.69) is 0 Å². The Kier molecular flexibility index (Phi) is 4.08. The van der Waals surface area contributed by atoms with Gasteiger partial charge < -0.3 is 13.9 Å². The van der Waals surface area contributed by atoms with Gasteiger partial charge >= 0.3 is 12.4 Å². The Balaban J connectivity index is 2.03. The topological polar surface area (TPSA) is 31.6 Å². The fraction of sp³-hybridized carbons (Fsp3) is 0.333. The molecule has 1 aliphatic heterocycles. The zero-order valence-corrected chi connectivity index (χ0v) is 11.9. The van der Waals surface area contributed by atoms with Crippen LogP contribution in [0.4, 0.5) is 26.3 Å². The third kappa shape index (κ3) is 3.41. The molecule has 2 aromatic rings. The summed E-state index contributed by atoms with van der Waals surface area (Å²) < 4.78 is 92.8. The van der Waals surface area contributed by atoms with E-state index in [1.54, 1.807) is 0 Å². The van der Waals surface area contributed by atoms with Gasteiger partial charge in [-0.25, -0.2) is 0 Å². The van der Waals surface area contributed by atoms with Crippen LogP contribution in [0.1, 0.15) is 23.2 Å². The van der Waals surface area contributed by atoms with Crippen molar-refractivity contribution in [1.29, 1.82) is 0 Å². The van der Waals surface area contributed by atoms with E-state index >= 15 is 0 Å². The fourth-order valence-electron chi connectivity index (χ4n) is 2.25. The number of hydrogen-bond acceptors (Lipinski definition) is 3. The Hall–Kier alpha value is -2.00. The van der Waals surface area contributed by atoms with Crippen molar-refractivity contribution in [1.82, 2.24) is 0 Å². The molecular formula is C15H10F6O3. The van der Waals surface area contributed by atoms with E-state index in [0.717, 1.165) is 0 Å². The van der Waals surface area contributed by atoms with E-state index in [1.807, 2.05) is 0 Å². The average molecular weight is 352 g/mol. The van der Waals surface area contributed by atoms with Crippen LogP contribution in [0, 0.1) is 0 Å². The second-order valence-corrected chi connectivity index (χ2v) is 5.07. The first-order chi connectivity index (χ1) is 11.1. The van der Waals surface area contributed by atoms with Crippen LogP contribution in [-0.2, 0) is 21.8 Å². The molecule has 1 aromatic carbocycles. The number of furan rings is 1. The zero-order valence-electron chi connectivity index (χ0n) is 11.9. The van der Waals surface area contributed by atoms with E-state index in [-0.39, 0.29) is 23.2 Å². The van der Waals surface area contributed by atoms with Crippen molar-refractivity contribution >= 4 is 0 Å². The average Bonchev–Trinajstić information content (AvgIpc) is 3.16. The molecule has 1 fully saturated rings. The van der Waals surface area contributed by atoms with Crippen LogP contribution in [-0.4, -0.2) is 13.2 Å². The predicted molar refractivity (Wildman–Crippen MR) is 68.8 cm³/mol. The van der Waals surface area contributed by atoms with Gasteiger partial charge in [-0.1, -0.05) is 0 Å². The molecule has 1 aromatic heterocycles. The third-order valence-electron chi connectivity index (χ3n) is 3.35. The first kappa shape index (κ1) is 16.8. The van der Waals surface area contributed by atoms with Gasteiger partial charge in [0.1, 0.15) is 5.76 Å². The molecule has 0 amide bonds. The molecule has 1 saturated heterocycles. The minimum absolute atomic E-state index is 0.0660. The Labute approximate surface area is 131 Å². The quantitative estimate of drug-likeness (QED) is 0.711. The highest BCUT2D eigenvalue weighted by Crippen LogP contribution is 2.39. The van der Waals surface area contributed by atoms with E-state index in [1.165, 1.54) is 12.1 Å². The molecule has 0 N–H and O–H groups in total. The highest BCUT2D eigenvalue weighted by molar-refractivity contribution is 5.61. The Bertz CT molecular complexity index is 693. The summed E-state index contributed by atoms with van der Waals surface area (Å²) >= 11 is 0. The van der Waals surface area contributed by atoms with E-state index in [4.69, 9.17) is 13.9 Å². The Morgan fingerprint density at radius 3 is 1.83 bits per heavy atom. The molecule has 0 radical (unpaired) electrons. The minimum Gasteiger partial charge on any atom is -0.456 e. The van der Waals surface area contributed by atoms with Crippen molar-refractivity contribution < 1.29 is 40.2 Å². The highest BCUT2D eigenvalue weighted by atomic mass is 19.4. The first-order valence-electron chi connectivity index (χ1n) is 6.77. The molecule has 0 spiro atoms. The fourth-order valence-corrected chi connectivity index (χ4v) is 2.25. The van der Waals surface area contributed by atoms with E-state index < -0.39 is 29.8 Å².